The number of rotatable bonds is 7. The van der Waals surface area contributed by atoms with Crippen LogP contribution >= 0.6 is 11.6 Å². The summed E-state index contributed by atoms with van der Waals surface area (Å²) in [5, 5.41) is 2.73. The number of carbonyl (C=O) groups is 5. The molecule has 2 atom stereocenters. The minimum absolute atomic E-state index is 0.0677. The van der Waals surface area contributed by atoms with Crippen LogP contribution in [0.4, 0.5) is 22.7 Å². The molecule has 5 fully saturated rings. The molecule has 0 aliphatic carbocycles. The van der Waals surface area contributed by atoms with Gasteiger partial charge in [0.2, 0.25) is 17.5 Å². The number of carbonyl (C=O) groups excluding carboxylic acids is 5. The predicted octanol–water partition coefficient (Wildman–Crippen LogP) is 5.07. The van der Waals surface area contributed by atoms with Gasteiger partial charge in [0, 0.05) is 111 Å². The first kappa shape index (κ1) is 38.1. The van der Waals surface area contributed by atoms with Gasteiger partial charge in [-0.25, -0.2) is 4.85 Å². The van der Waals surface area contributed by atoms with Gasteiger partial charge >= 0.3 is 0 Å². The van der Waals surface area contributed by atoms with Crippen LogP contribution in [0, 0.1) is 17.9 Å². The van der Waals surface area contributed by atoms with E-state index in [-0.39, 0.29) is 30.1 Å². The summed E-state index contributed by atoms with van der Waals surface area (Å²) in [4.78, 5) is 80.5. The van der Waals surface area contributed by atoms with E-state index in [1.54, 1.807) is 18.2 Å². The van der Waals surface area contributed by atoms with Crippen molar-refractivity contribution in [2.24, 2.45) is 11.3 Å². The van der Waals surface area contributed by atoms with Gasteiger partial charge in [-0.15, -0.1) is 0 Å². The summed E-state index contributed by atoms with van der Waals surface area (Å²) in [6.07, 6.45) is 4.29. The molecule has 3 aromatic carbocycles. The Hall–Kier alpha value is -5.45. The zero-order valence-electron chi connectivity index (χ0n) is 32.5. The maximum atomic E-state index is 13.8. The number of nitrogens with zero attached hydrogens (tertiary/aromatic N) is 7. The van der Waals surface area contributed by atoms with Crippen molar-refractivity contribution in [1.82, 2.24) is 20.0 Å². The number of piperazine rings is 1. The van der Waals surface area contributed by atoms with Crippen molar-refractivity contribution in [2.45, 2.75) is 44.6 Å². The summed E-state index contributed by atoms with van der Waals surface area (Å²) in [5.41, 5.74) is 4.92. The van der Waals surface area contributed by atoms with Crippen molar-refractivity contribution in [2.75, 3.05) is 86.7 Å². The third-order valence-electron chi connectivity index (χ3n) is 13.3. The van der Waals surface area contributed by atoms with Crippen LogP contribution in [0.15, 0.2) is 60.7 Å². The molecule has 58 heavy (non-hydrogen) atoms. The molecule has 3 aromatic rings. The lowest BCUT2D eigenvalue weighted by Gasteiger charge is -2.40. The third kappa shape index (κ3) is 7.17. The zero-order valence-corrected chi connectivity index (χ0v) is 33.3. The fourth-order valence-electron chi connectivity index (χ4n) is 9.98. The highest BCUT2D eigenvalue weighted by atomic mass is 35.5. The molecule has 5 amide bonds. The van der Waals surface area contributed by atoms with Crippen LogP contribution in [0.2, 0.25) is 5.02 Å². The number of benzene rings is 3. The molecule has 6 heterocycles. The second-order valence-electron chi connectivity index (χ2n) is 16.8. The average Bonchev–Trinajstić information content (AvgIpc) is 3.93. The molecular weight excluding hydrogens is 756 g/mol. The van der Waals surface area contributed by atoms with Crippen LogP contribution in [0.25, 0.3) is 4.85 Å². The Labute approximate surface area is 343 Å². The standard InChI is InChI=1S/C44H47ClN8O5/c1-46-37-8-6-33(25-36(37)45)51-17-13-44(27-51)14-18-52(28-44)41(56)30-3-2-4-31(23-30)50-21-19-48(20-22-50)26-29-11-15-49(16-12-29)32-5-7-34-35(24-32)43(58)53(42(34)57)38-9-10-39(54)47-40(38)55/h2-8,23-25,29,38H,9-22,26-28H2,(H,47,54,55). The number of imide groups is 2. The largest absolute Gasteiger partial charge is 0.371 e. The maximum absolute atomic E-state index is 13.8. The maximum Gasteiger partial charge on any atom is 0.262 e. The molecule has 1 N–H and O–H groups in total. The number of halogens is 1. The molecular formula is C44H47ClN8O5. The van der Waals surface area contributed by atoms with Gasteiger partial charge < -0.3 is 19.6 Å². The average molecular weight is 803 g/mol. The van der Waals surface area contributed by atoms with E-state index >= 15 is 0 Å². The minimum atomic E-state index is -0.969. The SMILES string of the molecule is [C-]#[N+]c1ccc(N2CCC3(CCN(C(=O)c4cccc(N5CCN(CC6CCN(c7ccc8c(c7)C(=O)N(C7CCC(=O)NC7=O)C8=O)CC6)CC5)c4)C3)C2)cc1Cl. The van der Waals surface area contributed by atoms with Crippen LogP contribution < -0.4 is 20.0 Å². The zero-order chi connectivity index (χ0) is 40.1. The van der Waals surface area contributed by atoms with Crippen molar-refractivity contribution in [3.63, 3.8) is 0 Å². The van der Waals surface area contributed by atoms with Gasteiger partial charge in [0.25, 0.3) is 17.7 Å². The van der Waals surface area contributed by atoms with E-state index in [1.807, 2.05) is 35.2 Å². The molecule has 0 saturated carbocycles. The Bertz CT molecular complexity index is 2230. The van der Waals surface area contributed by atoms with Crippen LogP contribution in [0.5, 0.6) is 0 Å². The van der Waals surface area contributed by atoms with E-state index < -0.39 is 23.8 Å². The number of fused-ring (bicyclic) bond motifs is 1. The second kappa shape index (κ2) is 15.4. The van der Waals surface area contributed by atoms with Gasteiger partial charge in [0.1, 0.15) is 6.04 Å². The highest BCUT2D eigenvalue weighted by Crippen LogP contribution is 2.43. The minimum Gasteiger partial charge on any atom is -0.371 e. The van der Waals surface area contributed by atoms with Crippen molar-refractivity contribution in [1.29, 1.82) is 0 Å². The smallest absolute Gasteiger partial charge is 0.262 e. The third-order valence-corrected chi connectivity index (χ3v) is 13.6. The molecule has 9 rings (SSSR count). The lowest BCUT2D eigenvalue weighted by Crippen LogP contribution is -2.54. The monoisotopic (exact) mass is 802 g/mol. The summed E-state index contributed by atoms with van der Waals surface area (Å²) in [6.45, 7) is 17.0. The fourth-order valence-corrected chi connectivity index (χ4v) is 10.2. The fraction of sp³-hybridized carbons (Fsp3) is 0.455. The molecule has 300 valence electrons. The summed E-state index contributed by atoms with van der Waals surface area (Å²) in [7, 11) is 0. The van der Waals surface area contributed by atoms with Crippen LogP contribution in [0.3, 0.4) is 0 Å². The van der Waals surface area contributed by atoms with Gasteiger partial charge in [0.15, 0.2) is 0 Å². The first-order valence-corrected chi connectivity index (χ1v) is 20.8. The molecule has 2 unspecified atom stereocenters. The molecule has 13 nitrogen and oxygen atoms in total. The molecule has 0 aromatic heterocycles. The number of anilines is 3. The normalized spacial score (nSPS) is 24.2. The van der Waals surface area contributed by atoms with Gasteiger partial charge in [-0.2, -0.15) is 0 Å². The van der Waals surface area contributed by atoms with E-state index in [1.165, 1.54) is 0 Å². The highest BCUT2D eigenvalue weighted by Gasteiger charge is 2.46. The van der Waals surface area contributed by atoms with Gasteiger partial charge in [-0.1, -0.05) is 23.7 Å². The lowest BCUT2D eigenvalue weighted by molar-refractivity contribution is -0.136. The van der Waals surface area contributed by atoms with E-state index in [2.05, 4.69) is 41.9 Å². The Morgan fingerprint density at radius 1 is 0.759 bits per heavy atom. The number of nitrogens with one attached hydrogen (secondary N) is 1. The molecule has 0 radical (unpaired) electrons. The van der Waals surface area contributed by atoms with Crippen molar-refractivity contribution in [3.8, 4) is 0 Å². The van der Waals surface area contributed by atoms with Crippen LogP contribution in [0.1, 0.15) is 69.6 Å². The number of piperidine rings is 2. The summed E-state index contributed by atoms with van der Waals surface area (Å²) >= 11 is 6.34. The summed E-state index contributed by atoms with van der Waals surface area (Å²) < 4.78 is 0. The number of hydrogen-bond donors (Lipinski definition) is 1. The quantitative estimate of drug-likeness (QED) is 0.258. The molecule has 0 bridgehead atoms. The van der Waals surface area contributed by atoms with Gasteiger partial charge in [-0.05, 0) is 86.6 Å². The molecule has 6 aliphatic rings. The Kier molecular flexibility index (Phi) is 10.1. The molecule has 1 spiro atoms. The Morgan fingerprint density at radius 2 is 1.47 bits per heavy atom. The number of amides is 5. The number of likely N-dealkylation sites (tertiary alicyclic amines) is 1. The predicted molar refractivity (Wildman–Crippen MR) is 221 cm³/mol. The first-order chi connectivity index (χ1) is 28.1. The first-order valence-electron chi connectivity index (χ1n) is 20.5. The number of hydrogen-bond acceptors (Lipinski definition) is 9. The second-order valence-corrected chi connectivity index (χ2v) is 17.2. The molecule has 14 heteroatoms. The van der Waals surface area contributed by atoms with Gasteiger partial charge in [0.05, 0.1) is 17.7 Å². The van der Waals surface area contributed by atoms with E-state index in [0.29, 0.717) is 27.8 Å². The van der Waals surface area contributed by atoms with Gasteiger partial charge in [-0.3, -0.25) is 39.1 Å². The molecule has 6 aliphatic heterocycles. The Morgan fingerprint density at radius 3 is 2.22 bits per heavy atom. The summed E-state index contributed by atoms with van der Waals surface area (Å²) in [6, 6.07) is 18.2. The van der Waals surface area contributed by atoms with Crippen molar-refractivity contribution in [3.05, 3.63) is 93.8 Å². The van der Waals surface area contributed by atoms with Crippen molar-refractivity contribution >= 4 is 63.9 Å². The van der Waals surface area contributed by atoms with E-state index in [9.17, 15) is 24.0 Å². The lowest BCUT2D eigenvalue weighted by atomic mass is 9.86. The van der Waals surface area contributed by atoms with E-state index in [4.69, 9.17) is 18.2 Å². The molecule has 5 saturated heterocycles. The van der Waals surface area contributed by atoms with Crippen LogP contribution in [-0.4, -0.2) is 122 Å². The van der Waals surface area contributed by atoms with Crippen LogP contribution in [-0.2, 0) is 9.59 Å². The van der Waals surface area contributed by atoms with Crippen molar-refractivity contribution < 1.29 is 24.0 Å². The highest BCUT2D eigenvalue weighted by molar-refractivity contribution is 6.33. The topological polar surface area (TPSA) is 121 Å². The summed E-state index contributed by atoms with van der Waals surface area (Å²) in [5.74, 6) is -1.30. The Balaban J connectivity index is 0.743. The van der Waals surface area contributed by atoms with E-state index in [0.717, 1.165) is 125 Å².